The van der Waals surface area contributed by atoms with Crippen molar-refractivity contribution in [3.63, 3.8) is 0 Å². The predicted octanol–water partition coefficient (Wildman–Crippen LogP) is 3.09. The van der Waals surface area contributed by atoms with Gasteiger partial charge in [-0.05, 0) is 34.7 Å². The van der Waals surface area contributed by atoms with Crippen LogP contribution in [0, 0.1) is 3.70 Å². The lowest BCUT2D eigenvalue weighted by molar-refractivity contribution is 0.150. The fraction of sp³-hybridized carbons (Fsp3) is 0.286. The van der Waals surface area contributed by atoms with Crippen molar-refractivity contribution in [2.75, 3.05) is 0 Å². The number of hydrogen-bond acceptors (Lipinski definition) is 1. The molecule has 0 amide bonds. The summed E-state index contributed by atoms with van der Waals surface area (Å²) in [6, 6.07) is 2.47. The average molecular weight is 287 g/mol. The summed E-state index contributed by atoms with van der Waals surface area (Å²) >= 11 is 1.67. The van der Waals surface area contributed by atoms with Gasteiger partial charge in [-0.1, -0.05) is 0 Å². The first-order valence-corrected chi connectivity index (χ1v) is 4.22. The summed E-state index contributed by atoms with van der Waals surface area (Å²) in [4.78, 5) is 3.64. The summed E-state index contributed by atoms with van der Waals surface area (Å²) in [7, 11) is 0. The molecule has 66 valence electrons. The van der Waals surface area contributed by atoms with Gasteiger partial charge in [0.1, 0.15) is 10.4 Å². The fourth-order valence-electron chi connectivity index (χ4n) is 0.720. The number of pyridine rings is 1. The number of nitrogens with zero attached hydrogens (tertiary/aromatic N) is 1. The molecule has 5 heteroatoms. The summed E-state index contributed by atoms with van der Waals surface area (Å²) in [5, 5.41) is 0. The number of hydrogen-bond donors (Lipinski definition) is 0. The molecule has 1 aromatic heterocycles. The molecule has 1 heterocycles. The molecule has 1 aromatic rings. The Balaban J connectivity index is 3.03. The Hall–Kier alpha value is -0.330. The number of rotatable bonds is 2. The summed E-state index contributed by atoms with van der Waals surface area (Å²) < 4.78 is 36.4. The molecule has 1 nitrogen and oxygen atoms in total. The van der Waals surface area contributed by atoms with E-state index >= 15 is 0 Å². The van der Waals surface area contributed by atoms with Crippen LogP contribution >= 0.6 is 22.6 Å². The van der Waals surface area contributed by atoms with Gasteiger partial charge in [-0.3, -0.25) is 0 Å². The first kappa shape index (κ1) is 9.76. The van der Waals surface area contributed by atoms with Crippen molar-refractivity contribution in [1.29, 1.82) is 0 Å². The lowest BCUT2D eigenvalue weighted by atomic mass is 10.2. The van der Waals surface area contributed by atoms with Crippen LogP contribution in [0.15, 0.2) is 12.1 Å². The van der Waals surface area contributed by atoms with E-state index in [1.165, 1.54) is 12.1 Å². The molecule has 0 N–H and O–H groups in total. The van der Waals surface area contributed by atoms with Crippen LogP contribution in [0.25, 0.3) is 0 Å². The van der Waals surface area contributed by atoms with Crippen LogP contribution in [-0.2, 0) is 6.67 Å². The maximum Gasteiger partial charge on any atom is 0.266 e. The van der Waals surface area contributed by atoms with E-state index in [2.05, 4.69) is 4.98 Å². The third kappa shape index (κ3) is 2.09. The van der Waals surface area contributed by atoms with E-state index in [4.69, 9.17) is 0 Å². The molecular weight excluding hydrogens is 282 g/mol. The lowest BCUT2D eigenvalue weighted by Gasteiger charge is -2.02. The summed E-state index contributed by atoms with van der Waals surface area (Å²) in [6.07, 6.45) is -2.54. The van der Waals surface area contributed by atoms with E-state index < -0.39 is 13.1 Å². The van der Waals surface area contributed by atoms with E-state index in [1.54, 1.807) is 22.6 Å². The Morgan fingerprint density at radius 1 is 1.42 bits per heavy atom. The number of alkyl halides is 3. The van der Waals surface area contributed by atoms with Gasteiger partial charge in [0.25, 0.3) is 6.43 Å². The zero-order chi connectivity index (χ0) is 9.14. The molecule has 0 bridgehead atoms. The van der Waals surface area contributed by atoms with Crippen molar-refractivity contribution in [3.8, 4) is 0 Å². The average Bonchev–Trinajstić information content (AvgIpc) is 2.03. The smallest absolute Gasteiger partial charge is 0.244 e. The lowest BCUT2D eigenvalue weighted by Crippen LogP contribution is -1.96. The molecule has 0 aliphatic carbocycles. The van der Waals surface area contributed by atoms with Crippen LogP contribution in [0.2, 0.25) is 0 Å². The van der Waals surface area contributed by atoms with Gasteiger partial charge in [0.05, 0.1) is 5.69 Å². The topological polar surface area (TPSA) is 12.9 Å². The molecular formula is C7H5F3IN. The molecule has 1 rings (SSSR count). The van der Waals surface area contributed by atoms with Crippen LogP contribution in [-0.4, -0.2) is 4.98 Å². The Bertz CT molecular complexity index is 277. The summed E-state index contributed by atoms with van der Waals surface area (Å²) in [6.45, 7) is -0.723. The van der Waals surface area contributed by atoms with E-state index in [9.17, 15) is 13.2 Å². The van der Waals surface area contributed by atoms with Gasteiger partial charge in [-0.25, -0.2) is 18.2 Å². The first-order valence-electron chi connectivity index (χ1n) is 3.14. The molecule has 0 aliphatic rings. The van der Waals surface area contributed by atoms with Crippen LogP contribution in [0.5, 0.6) is 0 Å². The molecule has 0 atom stereocenters. The Labute approximate surface area is 81.1 Å². The van der Waals surface area contributed by atoms with Crippen molar-refractivity contribution >= 4 is 22.6 Å². The Morgan fingerprint density at radius 3 is 2.50 bits per heavy atom. The number of halogens is 4. The van der Waals surface area contributed by atoms with E-state index in [1.807, 2.05) is 0 Å². The van der Waals surface area contributed by atoms with E-state index in [-0.39, 0.29) is 15.0 Å². The van der Waals surface area contributed by atoms with E-state index in [0.717, 1.165) is 0 Å². The van der Waals surface area contributed by atoms with Crippen molar-refractivity contribution in [3.05, 3.63) is 27.1 Å². The van der Waals surface area contributed by atoms with Gasteiger partial charge in [0, 0.05) is 5.56 Å². The maximum absolute atomic E-state index is 12.1. The standard InChI is InChI=1S/C7H5F3IN/c8-3-4-1-2-5(6(9)10)7(11)12-4/h1-2,6H,3H2. The van der Waals surface area contributed by atoms with Crippen molar-refractivity contribution in [2.45, 2.75) is 13.1 Å². The van der Waals surface area contributed by atoms with Gasteiger partial charge in [0.2, 0.25) is 0 Å². The van der Waals surface area contributed by atoms with Crippen LogP contribution in [0.3, 0.4) is 0 Å². The van der Waals surface area contributed by atoms with Gasteiger partial charge < -0.3 is 0 Å². The minimum Gasteiger partial charge on any atom is -0.244 e. The highest BCUT2D eigenvalue weighted by Gasteiger charge is 2.12. The highest BCUT2D eigenvalue weighted by molar-refractivity contribution is 14.1. The third-order valence-electron chi connectivity index (χ3n) is 1.31. The Kier molecular flexibility index (Phi) is 3.30. The summed E-state index contributed by atoms with van der Waals surface area (Å²) in [5.74, 6) is 0. The van der Waals surface area contributed by atoms with Crippen LogP contribution in [0.1, 0.15) is 17.7 Å². The summed E-state index contributed by atoms with van der Waals surface area (Å²) in [5.41, 5.74) is 0.0385. The second-order valence-electron chi connectivity index (χ2n) is 2.12. The molecule has 0 fully saturated rings. The minimum atomic E-state index is -2.54. The number of aromatic nitrogens is 1. The van der Waals surface area contributed by atoms with Gasteiger partial charge in [-0.2, -0.15) is 0 Å². The van der Waals surface area contributed by atoms with Gasteiger partial charge in [-0.15, -0.1) is 0 Å². The monoisotopic (exact) mass is 287 g/mol. The highest BCUT2D eigenvalue weighted by Crippen LogP contribution is 2.23. The Morgan fingerprint density at radius 2 is 2.08 bits per heavy atom. The highest BCUT2D eigenvalue weighted by atomic mass is 127. The molecule has 0 aliphatic heterocycles. The molecule has 0 spiro atoms. The zero-order valence-corrected chi connectivity index (χ0v) is 8.06. The van der Waals surface area contributed by atoms with Crippen molar-refractivity contribution < 1.29 is 13.2 Å². The molecule has 0 radical (unpaired) electrons. The third-order valence-corrected chi connectivity index (χ3v) is 2.17. The van der Waals surface area contributed by atoms with Crippen LogP contribution in [0.4, 0.5) is 13.2 Å². The van der Waals surface area contributed by atoms with E-state index in [0.29, 0.717) is 0 Å². The van der Waals surface area contributed by atoms with Gasteiger partial charge >= 0.3 is 0 Å². The van der Waals surface area contributed by atoms with Crippen LogP contribution < -0.4 is 0 Å². The van der Waals surface area contributed by atoms with Crippen molar-refractivity contribution in [1.82, 2.24) is 4.98 Å². The first-order chi connectivity index (χ1) is 5.65. The predicted molar refractivity (Wildman–Crippen MR) is 46.7 cm³/mol. The second-order valence-corrected chi connectivity index (χ2v) is 3.14. The molecule has 0 saturated heterocycles. The largest absolute Gasteiger partial charge is 0.266 e. The normalized spacial score (nSPS) is 10.8. The molecule has 0 saturated carbocycles. The van der Waals surface area contributed by atoms with Gasteiger partial charge in [0.15, 0.2) is 0 Å². The molecule has 12 heavy (non-hydrogen) atoms. The van der Waals surface area contributed by atoms with Crippen molar-refractivity contribution in [2.24, 2.45) is 0 Å². The maximum atomic E-state index is 12.1. The molecule has 0 aromatic carbocycles. The minimum absolute atomic E-state index is 0.146. The quantitative estimate of drug-likeness (QED) is 0.601. The SMILES string of the molecule is FCc1ccc(C(F)F)c(I)n1. The molecule has 0 unspecified atom stereocenters. The fourth-order valence-corrected chi connectivity index (χ4v) is 1.44. The zero-order valence-electron chi connectivity index (χ0n) is 5.90. The second kappa shape index (κ2) is 4.06.